The molecule has 0 aliphatic heterocycles. The quantitative estimate of drug-likeness (QED) is 0.285. The van der Waals surface area contributed by atoms with Crippen molar-refractivity contribution in [3.8, 4) is 28.0 Å². The Labute approximate surface area is 193 Å². The van der Waals surface area contributed by atoms with Gasteiger partial charge in [-0.3, -0.25) is 4.79 Å². The molecular formula is C23H21N3O4S2. The second-order valence-corrected chi connectivity index (χ2v) is 8.51. The standard InChI is InChI=1S/C23H21N3O4S2/c1-28-17-11-14(12-18(29-2)21(17)30-3)24-20(27)13-32-23-15-7-4-5-8-16(15)25-22(26-23)19-9-6-10-31-19/h4-12H,13H2,1-3H3,(H,24,27). The maximum atomic E-state index is 12.7. The number of hydrogen-bond donors (Lipinski definition) is 1. The fourth-order valence-corrected chi connectivity index (χ4v) is 4.63. The summed E-state index contributed by atoms with van der Waals surface area (Å²) < 4.78 is 16.0. The van der Waals surface area contributed by atoms with E-state index < -0.39 is 0 Å². The smallest absolute Gasteiger partial charge is 0.234 e. The van der Waals surface area contributed by atoms with Crippen molar-refractivity contribution < 1.29 is 19.0 Å². The number of aromatic nitrogens is 2. The zero-order valence-electron chi connectivity index (χ0n) is 17.7. The molecule has 2 heterocycles. The lowest BCUT2D eigenvalue weighted by molar-refractivity contribution is -0.113. The minimum Gasteiger partial charge on any atom is -0.493 e. The molecule has 4 aromatic rings. The Morgan fingerprint density at radius 3 is 2.41 bits per heavy atom. The van der Waals surface area contributed by atoms with Gasteiger partial charge in [-0.25, -0.2) is 9.97 Å². The van der Waals surface area contributed by atoms with Crippen molar-refractivity contribution in [2.75, 3.05) is 32.4 Å². The molecule has 7 nitrogen and oxygen atoms in total. The highest BCUT2D eigenvalue weighted by Gasteiger charge is 2.16. The summed E-state index contributed by atoms with van der Waals surface area (Å²) in [4.78, 5) is 23.1. The van der Waals surface area contributed by atoms with Gasteiger partial charge in [0.2, 0.25) is 11.7 Å². The van der Waals surface area contributed by atoms with Crippen LogP contribution < -0.4 is 19.5 Å². The van der Waals surface area contributed by atoms with Gasteiger partial charge in [0.05, 0.1) is 37.5 Å². The molecule has 32 heavy (non-hydrogen) atoms. The first kappa shape index (κ1) is 21.9. The van der Waals surface area contributed by atoms with Gasteiger partial charge in [0.25, 0.3) is 0 Å². The van der Waals surface area contributed by atoms with Crippen LogP contribution in [0.4, 0.5) is 5.69 Å². The van der Waals surface area contributed by atoms with Crippen LogP contribution >= 0.6 is 23.1 Å². The van der Waals surface area contributed by atoms with Crippen LogP contribution in [0.3, 0.4) is 0 Å². The van der Waals surface area contributed by atoms with E-state index >= 15 is 0 Å². The highest BCUT2D eigenvalue weighted by molar-refractivity contribution is 8.00. The number of thioether (sulfide) groups is 1. The van der Waals surface area contributed by atoms with E-state index in [1.807, 2.05) is 41.8 Å². The topological polar surface area (TPSA) is 82.6 Å². The van der Waals surface area contributed by atoms with Crippen LogP contribution in [0, 0.1) is 0 Å². The molecule has 1 amide bonds. The summed E-state index contributed by atoms with van der Waals surface area (Å²) in [5.74, 6) is 2.07. The number of benzene rings is 2. The lowest BCUT2D eigenvalue weighted by Crippen LogP contribution is -2.14. The second kappa shape index (κ2) is 9.88. The summed E-state index contributed by atoms with van der Waals surface area (Å²) in [6.07, 6.45) is 0. The maximum absolute atomic E-state index is 12.7. The number of nitrogens with zero attached hydrogens (tertiary/aromatic N) is 2. The van der Waals surface area contributed by atoms with Gasteiger partial charge >= 0.3 is 0 Å². The molecule has 0 atom stereocenters. The Kier molecular flexibility index (Phi) is 6.77. The molecule has 0 aliphatic carbocycles. The Hall–Kier alpha value is -3.30. The average Bonchev–Trinajstić information content (AvgIpc) is 3.36. The van der Waals surface area contributed by atoms with Crippen LogP contribution in [0.5, 0.6) is 17.2 Å². The number of carbonyl (C=O) groups is 1. The molecule has 2 aromatic carbocycles. The monoisotopic (exact) mass is 467 g/mol. The number of methoxy groups -OCH3 is 3. The van der Waals surface area contributed by atoms with Crippen molar-refractivity contribution in [1.82, 2.24) is 9.97 Å². The van der Waals surface area contributed by atoms with E-state index in [1.165, 1.54) is 33.1 Å². The predicted molar refractivity (Wildman–Crippen MR) is 128 cm³/mol. The third-order valence-electron chi connectivity index (χ3n) is 4.60. The molecule has 164 valence electrons. The molecule has 2 aromatic heterocycles. The Bertz CT molecular complexity index is 1220. The first-order valence-corrected chi connectivity index (χ1v) is 11.5. The summed E-state index contributed by atoms with van der Waals surface area (Å²) in [6, 6.07) is 15.1. The zero-order valence-corrected chi connectivity index (χ0v) is 19.4. The molecule has 0 bridgehead atoms. The third kappa shape index (κ3) is 4.63. The van der Waals surface area contributed by atoms with Crippen molar-refractivity contribution in [1.29, 1.82) is 0 Å². The highest BCUT2D eigenvalue weighted by Crippen LogP contribution is 2.40. The lowest BCUT2D eigenvalue weighted by atomic mass is 10.2. The molecule has 0 unspecified atom stereocenters. The number of carbonyl (C=O) groups excluding carboxylic acids is 1. The first-order valence-electron chi connectivity index (χ1n) is 9.66. The zero-order chi connectivity index (χ0) is 22.5. The maximum Gasteiger partial charge on any atom is 0.234 e. The largest absolute Gasteiger partial charge is 0.493 e. The van der Waals surface area contributed by atoms with Crippen molar-refractivity contribution >= 4 is 45.6 Å². The normalized spacial score (nSPS) is 10.7. The predicted octanol–water partition coefficient (Wildman–Crippen LogP) is 5.11. The summed E-state index contributed by atoms with van der Waals surface area (Å²) in [6.45, 7) is 0. The van der Waals surface area contributed by atoms with E-state index in [-0.39, 0.29) is 11.7 Å². The van der Waals surface area contributed by atoms with Crippen molar-refractivity contribution in [2.45, 2.75) is 5.03 Å². The third-order valence-corrected chi connectivity index (χ3v) is 6.46. The number of nitrogens with one attached hydrogen (secondary N) is 1. The summed E-state index contributed by atoms with van der Waals surface area (Å²) in [7, 11) is 4.60. The molecule has 0 spiro atoms. The number of fused-ring (bicyclic) bond motifs is 1. The number of rotatable bonds is 8. The van der Waals surface area contributed by atoms with Crippen LogP contribution in [0.2, 0.25) is 0 Å². The first-order chi connectivity index (χ1) is 15.6. The van der Waals surface area contributed by atoms with E-state index in [9.17, 15) is 4.79 Å². The number of amides is 1. The van der Waals surface area contributed by atoms with Crippen molar-refractivity contribution in [3.05, 3.63) is 53.9 Å². The molecule has 0 radical (unpaired) electrons. The van der Waals surface area contributed by atoms with Gasteiger partial charge in [-0.2, -0.15) is 0 Å². The van der Waals surface area contributed by atoms with Crippen LogP contribution in [0.25, 0.3) is 21.6 Å². The van der Waals surface area contributed by atoms with Crippen LogP contribution in [0.1, 0.15) is 0 Å². The van der Waals surface area contributed by atoms with Gasteiger partial charge < -0.3 is 19.5 Å². The fourth-order valence-electron chi connectivity index (χ4n) is 3.16. The van der Waals surface area contributed by atoms with Gasteiger partial charge in [-0.05, 0) is 17.5 Å². The Morgan fingerprint density at radius 2 is 1.75 bits per heavy atom. The fraction of sp³-hybridized carbons (Fsp3) is 0.174. The van der Waals surface area contributed by atoms with E-state index in [0.717, 1.165) is 20.8 Å². The number of para-hydroxylation sites is 1. The molecule has 1 N–H and O–H groups in total. The van der Waals surface area contributed by atoms with Gasteiger partial charge in [0.15, 0.2) is 17.3 Å². The van der Waals surface area contributed by atoms with Crippen molar-refractivity contribution in [3.63, 3.8) is 0 Å². The van der Waals surface area contributed by atoms with Gasteiger partial charge in [-0.1, -0.05) is 36.0 Å². The van der Waals surface area contributed by atoms with Crippen LogP contribution in [-0.2, 0) is 4.79 Å². The number of ether oxygens (including phenoxy) is 3. The van der Waals surface area contributed by atoms with Crippen molar-refractivity contribution in [2.24, 2.45) is 0 Å². The van der Waals surface area contributed by atoms with Crippen LogP contribution in [0.15, 0.2) is 58.9 Å². The van der Waals surface area contributed by atoms with E-state index in [1.54, 1.807) is 23.5 Å². The molecule has 9 heteroatoms. The number of hydrogen-bond acceptors (Lipinski definition) is 8. The van der Waals surface area contributed by atoms with Gasteiger partial charge in [0, 0.05) is 23.2 Å². The minimum absolute atomic E-state index is 0.176. The minimum atomic E-state index is -0.176. The highest BCUT2D eigenvalue weighted by atomic mass is 32.2. The summed E-state index contributed by atoms with van der Waals surface area (Å²) in [5.41, 5.74) is 1.40. The molecule has 0 fully saturated rings. The number of anilines is 1. The average molecular weight is 468 g/mol. The molecule has 0 saturated carbocycles. The molecule has 0 aliphatic rings. The number of thiophene rings is 1. The van der Waals surface area contributed by atoms with Crippen LogP contribution in [-0.4, -0.2) is 43.0 Å². The van der Waals surface area contributed by atoms with E-state index in [0.29, 0.717) is 28.8 Å². The SMILES string of the molecule is COc1cc(NC(=O)CSc2nc(-c3cccs3)nc3ccccc23)cc(OC)c1OC. The summed E-state index contributed by atoms with van der Waals surface area (Å²) in [5, 5.41) is 6.56. The summed E-state index contributed by atoms with van der Waals surface area (Å²) >= 11 is 2.95. The Morgan fingerprint density at radius 1 is 1.00 bits per heavy atom. The molecular weight excluding hydrogens is 446 g/mol. The van der Waals surface area contributed by atoms with E-state index in [2.05, 4.69) is 10.3 Å². The van der Waals surface area contributed by atoms with E-state index in [4.69, 9.17) is 19.2 Å². The van der Waals surface area contributed by atoms with Gasteiger partial charge in [0.1, 0.15) is 5.03 Å². The molecule has 4 rings (SSSR count). The lowest BCUT2D eigenvalue weighted by Gasteiger charge is -2.14. The second-order valence-electron chi connectivity index (χ2n) is 6.60. The van der Waals surface area contributed by atoms with Gasteiger partial charge in [-0.15, -0.1) is 11.3 Å². The Balaban J connectivity index is 1.55. The molecule has 0 saturated heterocycles.